The summed E-state index contributed by atoms with van der Waals surface area (Å²) in [5.74, 6) is 0. The van der Waals surface area contributed by atoms with Crippen LogP contribution in [0.5, 0.6) is 0 Å². The van der Waals surface area contributed by atoms with Gasteiger partial charge < -0.3 is 19.4 Å². The van der Waals surface area contributed by atoms with E-state index in [1.807, 2.05) is 29.2 Å². The molecule has 3 heterocycles. The van der Waals surface area contributed by atoms with Crippen molar-refractivity contribution in [2.24, 2.45) is 0 Å². The summed E-state index contributed by atoms with van der Waals surface area (Å²) in [7, 11) is 0. The number of alkyl halides is 3. The lowest BCUT2D eigenvalue weighted by Crippen LogP contribution is -2.48. The summed E-state index contributed by atoms with van der Waals surface area (Å²) in [6.45, 7) is 8.05. The molecule has 0 radical (unpaired) electrons. The van der Waals surface area contributed by atoms with Crippen LogP contribution in [0.3, 0.4) is 0 Å². The predicted molar refractivity (Wildman–Crippen MR) is 129 cm³/mol. The molecule has 6 nitrogen and oxygen atoms in total. The number of hydrogen-bond donors (Lipinski definition) is 0. The molecule has 0 aliphatic carbocycles. The number of benzene rings is 2. The first-order chi connectivity index (χ1) is 16.9. The van der Waals surface area contributed by atoms with E-state index in [0.29, 0.717) is 31.9 Å². The highest BCUT2D eigenvalue weighted by Crippen LogP contribution is 2.49. The normalized spacial score (nSPS) is 19.0. The first-order valence-corrected chi connectivity index (χ1v) is 12.8. The Labute approximate surface area is 207 Å². The maximum absolute atomic E-state index is 13.4. The number of halogens is 3. The van der Waals surface area contributed by atoms with E-state index in [4.69, 9.17) is 4.74 Å². The molecule has 35 heavy (non-hydrogen) atoms. The van der Waals surface area contributed by atoms with E-state index in [1.54, 1.807) is 11.0 Å². The lowest BCUT2D eigenvalue weighted by atomic mass is 10.1. The van der Waals surface area contributed by atoms with Crippen LogP contribution >= 0.6 is 11.8 Å². The number of carbonyl (C=O) groups excluding carboxylic acids is 1. The zero-order chi connectivity index (χ0) is 24.4. The number of hydrogen-bond acceptors (Lipinski definition) is 6. The van der Waals surface area contributed by atoms with Crippen LogP contribution in [0.25, 0.3) is 0 Å². The van der Waals surface area contributed by atoms with Crippen LogP contribution in [0.1, 0.15) is 12.0 Å². The number of amides is 1. The number of cyclic esters (lactones) is 1. The van der Waals surface area contributed by atoms with Gasteiger partial charge in [0.2, 0.25) is 0 Å². The second kappa shape index (κ2) is 10.3. The molecular weight excluding hydrogens is 477 g/mol. The maximum Gasteiger partial charge on any atom is 0.416 e. The number of fused-ring (bicyclic) bond motifs is 2. The van der Waals surface area contributed by atoms with E-state index in [1.165, 1.54) is 23.9 Å². The third kappa shape index (κ3) is 5.54. The summed E-state index contributed by atoms with van der Waals surface area (Å²) >= 11 is 1.52. The molecule has 0 aromatic heterocycles. The Balaban J connectivity index is 1.17. The number of para-hydroxylation sites is 1. The molecule has 0 N–H and O–H groups in total. The molecule has 0 atom stereocenters. The summed E-state index contributed by atoms with van der Waals surface area (Å²) in [5, 5.41) is 0. The summed E-state index contributed by atoms with van der Waals surface area (Å²) in [4.78, 5) is 22.1. The molecule has 5 rings (SSSR count). The van der Waals surface area contributed by atoms with Crippen LogP contribution < -0.4 is 4.90 Å². The minimum Gasteiger partial charge on any atom is -0.448 e. The van der Waals surface area contributed by atoms with Crippen molar-refractivity contribution >= 4 is 29.2 Å². The Kier molecular flexibility index (Phi) is 7.13. The molecule has 0 spiro atoms. The van der Waals surface area contributed by atoms with E-state index in [9.17, 15) is 18.0 Å². The minimum absolute atomic E-state index is 0.217. The highest BCUT2D eigenvalue weighted by molar-refractivity contribution is 7.99. The number of nitrogens with zero attached hydrogens (tertiary/aromatic N) is 4. The second-order valence-electron chi connectivity index (χ2n) is 9.04. The van der Waals surface area contributed by atoms with Crippen LogP contribution in [0.2, 0.25) is 0 Å². The summed E-state index contributed by atoms with van der Waals surface area (Å²) in [5.41, 5.74) is 0.989. The van der Waals surface area contributed by atoms with Gasteiger partial charge >= 0.3 is 12.3 Å². The van der Waals surface area contributed by atoms with Crippen molar-refractivity contribution in [1.82, 2.24) is 14.7 Å². The Morgan fingerprint density at radius 2 is 1.54 bits per heavy atom. The molecule has 2 fully saturated rings. The first kappa shape index (κ1) is 24.3. The highest BCUT2D eigenvalue weighted by atomic mass is 32.2. The molecule has 188 valence electrons. The van der Waals surface area contributed by atoms with Gasteiger partial charge in [-0.25, -0.2) is 4.79 Å². The largest absolute Gasteiger partial charge is 0.448 e. The van der Waals surface area contributed by atoms with Crippen LogP contribution in [0.4, 0.5) is 29.3 Å². The Hall–Kier alpha value is -2.43. The van der Waals surface area contributed by atoms with Gasteiger partial charge in [0, 0.05) is 55.6 Å². The van der Waals surface area contributed by atoms with Crippen LogP contribution in [-0.2, 0) is 10.9 Å². The van der Waals surface area contributed by atoms with Crippen molar-refractivity contribution in [1.29, 1.82) is 0 Å². The summed E-state index contributed by atoms with van der Waals surface area (Å²) < 4.78 is 45.2. The molecule has 3 aliphatic heterocycles. The summed E-state index contributed by atoms with van der Waals surface area (Å²) in [6.07, 6.45) is -3.73. The van der Waals surface area contributed by atoms with Crippen molar-refractivity contribution in [3.05, 3.63) is 48.0 Å². The average molecular weight is 507 g/mol. The van der Waals surface area contributed by atoms with Gasteiger partial charge in [-0.2, -0.15) is 13.2 Å². The average Bonchev–Trinajstić information content (AvgIpc) is 3.26. The fourth-order valence-corrected chi connectivity index (χ4v) is 5.90. The van der Waals surface area contributed by atoms with Crippen molar-refractivity contribution in [3.8, 4) is 0 Å². The number of anilines is 2. The Morgan fingerprint density at radius 1 is 0.829 bits per heavy atom. The lowest BCUT2D eigenvalue weighted by Gasteiger charge is -2.36. The lowest BCUT2D eigenvalue weighted by molar-refractivity contribution is -0.137. The smallest absolute Gasteiger partial charge is 0.416 e. The van der Waals surface area contributed by atoms with Gasteiger partial charge in [0.25, 0.3) is 0 Å². The van der Waals surface area contributed by atoms with Crippen LogP contribution in [0.15, 0.2) is 52.3 Å². The summed E-state index contributed by atoms with van der Waals surface area (Å²) in [6, 6.07) is 12.0. The van der Waals surface area contributed by atoms with Crippen molar-refractivity contribution in [3.63, 3.8) is 0 Å². The van der Waals surface area contributed by atoms with E-state index < -0.39 is 11.7 Å². The fourth-order valence-electron chi connectivity index (χ4n) is 4.83. The number of ether oxygens (including phenoxy) is 1. The molecule has 3 aliphatic rings. The Bertz CT molecular complexity index is 1060. The maximum atomic E-state index is 13.4. The van der Waals surface area contributed by atoms with Gasteiger partial charge in [-0.3, -0.25) is 4.90 Å². The van der Waals surface area contributed by atoms with Crippen LogP contribution in [-0.4, -0.2) is 86.3 Å². The van der Waals surface area contributed by atoms with E-state index in [-0.39, 0.29) is 6.09 Å². The van der Waals surface area contributed by atoms with Crippen LogP contribution in [0, 0.1) is 0 Å². The van der Waals surface area contributed by atoms with Crippen molar-refractivity contribution < 1.29 is 22.7 Å². The first-order valence-electron chi connectivity index (χ1n) is 12.0. The van der Waals surface area contributed by atoms with E-state index >= 15 is 0 Å². The SMILES string of the molecule is O=C1OCCN1CCN1CCN(CCCN2c3ccccc3Sc3ccc(C(F)(F)F)cc32)CC1. The Morgan fingerprint density at radius 3 is 2.26 bits per heavy atom. The predicted octanol–water partition coefficient (Wildman–Crippen LogP) is 4.77. The monoisotopic (exact) mass is 506 g/mol. The molecule has 2 aromatic rings. The third-order valence-corrected chi connectivity index (χ3v) is 7.94. The third-order valence-electron chi connectivity index (χ3n) is 6.81. The molecule has 10 heteroatoms. The van der Waals surface area contributed by atoms with Crippen molar-refractivity contribution in [2.45, 2.75) is 22.4 Å². The molecule has 0 saturated carbocycles. The van der Waals surface area contributed by atoms with Gasteiger partial charge in [0.1, 0.15) is 6.61 Å². The molecule has 0 bridgehead atoms. The van der Waals surface area contributed by atoms with Crippen molar-refractivity contribution in [2.75, 3.05) is 70.4 Å². The molecule has 2 aromatic carbocycles. The minimum atomic E-state index is -4.36. The standard InChI is InChI=1S/C25H29F3N4O2S/c26-25(27,28)19-6-7-23-21(18-19)32(20-4-1-2-5-22(20)35-23)9-3-8-29-10-12-30(13-11-29)14-15-31-16-17-34-24(31)33/h1-2,4-7,18H,3,8-17H2. The zero-order valence-electron chi connectivity index (χ0n) is 19.5. The fraction of sp³-hybridized carbons (Fsp3) is 0.480. The number of carbonyl (C=O) groups is 1. The van der Waals surface area contributed by atoms with Gasteiger partial charge in [-0.15, -0.1) is 0 Å². The van der Waals surface area contributed by atoms with Gasteiger partial charge in [0.15, 0.2) is 0 Å². The molecule has 0 unspecified atom stereocenters. The highest BCUT2D eigenvalue weighted by Gasteiger charge is 2.33. The van der Waals surface area contributed by atoms with Gasteiger partial charge in [-0.1, -0.05) is 23.9 Å². The molecule has 1 amide bonds. The zero-order valence-corrected chi connectivity index (χ0v) is 20.3. The molecule has 2 saturated heterocycles. The number of piperazine rings is 1. The quantitative estimate of drug-likeness (QED) is 0.539. The molecular formula is C25H29F3N4O2S. The van der Waals surface area contributed by atoms with Gasteiger partial charge in [-0.05, 0) is 43.3 Å². The number of rotatable bonds is 7. The van der Waals surface area contributed by atoms with E-state index in [0.717, 1.165) is 61.2 Å². The topological polar surface area (TPSA) is 39.3 Å². The van der Waals surface area contributed by atoms with Gasteiger partial charge in [0.05, 0.1) is 23.5 Å². The van der Waals surface area contributed by atoms with E-state index in [2.05, 4.69) is 9.80 Å². The second-order valence-corrected chi connectivity index (χ2v) is 10.1.